The molecule has 0 amide bonds. The van der Waals surface area contributed by atoms with Crippen LogP contribution in [0.25, 0.3) is 0 Å². The first-order valence-electron chi connectivity index (χ1n) is 6.36. The molecule has 0 aliphatic carbocycles. The first-order chi connectivity index (χ1) is 8.93. The molecule has 3 nitrogen and oxygen atoms in total. The van der Waals surface area contributed by atoms with Crippen molar-refractivity contribution in [1.29, 1.82) is 0 Å². The molecule has 2 rings (SSSR count). The average molecular weight is 302 g/mol. The van der Waals surface area contributed by atoms with Crippen molar-refractivity contribution in [2.24, 2.45) is 5.92 Å². The van der Waals surface area contributed by atoms with Crippen LogP contribution in [0.4, 0.5) is 0 Å². The molecule has 1 aromatic carbocycles. The fourth-order valence-electron chi connectivity index (χ4n) is 2.86. The highest BCUT2D eigenvalue weighted by molar-refractivity contribution is 6.42. The fourth-order valence-corrected chi connectivity index (χ4v) is 3.33. The Bertz CT molecular complexity index is 492. The van der Waals surface area contributed by atoms with Gasteiger partial charge in [0.1, 0.15) is 0 Å². The number of benzene rings is 1. The van der Waals surface area contributed by atoms with Gasteiger partial charge in [0.15, 0.2) is 0 Å². The summed E-state index contributed by atoms with van der Waals surface area (Å²) in [5.74, 6) is -1.03. The Morgan fingerprint density at radius 1 is 1.47 bits per heavy atom. The summed E-state index contributed by atoms with van der Waals surface area (Å²) in [5, 5.41) is 10.3. The number of carboxylic acid groups (broad SMARTS) is 1. The van der Waals surface area contributed by atoms with Crippen molar-refractivity contribution in [3.63, 3.8) is 0 Å². The summed E-state index contributed by atoms with van der Waals surface area (Å²) in [7, 11) is 0. The molecule has 3 unspecified atom stereocenters. The van der Waals surface area contributed by atoms with Gasteiger partial charge in [0.2, 0.25) is 0 Å². The molecule has 5 heteroatoms. The molecule has 1 aromatic rings. The largest absolute Gasteiger partial charge is 0.481 e. The third kappa shape index (κ3) is 2.73. The molecule has 1 aliphatic rings. The number of hydrogen-bond acceptors (Lipinski definition) is 2. The molecular weight excluding hydrogens is 285 g/mol. The van der Waals surface area contributed by atoms with E-state index in [0.717, 1.165) is 12.1 Å². The first-order valence-corrected chi connectivity index (χ1v) is 7.11. The zero-order valence-corrected chi connectivity index (χ0v) is 12.4. The SMILES string of the molecule is CC(c1cccc(Cl)c1Cl)N1CCC(C(=O)O)C1C. The zero-order valence-electron chi connectivity index (χ0n) is 10.9. The third-order valence-corrected chi connectivity index (χ3v) is 4.88. The molecule has 19 heavy (non-hydrogen) atoms. The lowest BCUT2D eigenvalue weighted by molar-refractivity contribution is -0.142. The lowest BCUT2D eigenvalue weighted by atomic mass is 10.0. The molecule has 1 saturated heterocycles. The van der Waals surface area contributed by atoms with Gasteiger partial charge in [-0.2, -0.15) is 0 Å². The second-order valence-corrected chi connectivity index (χ2v) is 5.82. The Morgan fingerprint density at radius 3 is 2.74 bits per heavy atom. The summed E-state index contributed by atoms with van der Waals surface area (Å²) in [6.07, 6.45) is 0.680. The minimum atomic E-state index is -0.723. The molecule has 1 fully saturated rings. The minimum absolute atomic E-state index is 0.00236. The number of aliphatic carboxylic acids is 1. The van der Waals surface area contributed by atoms with Crippen LogP contribution in [0.15, 0.2) is 18.2 Å². The summed E-state index contributed by atoms with van der Waals surface area (Å²) in [6, 6.07) is 5.64. The number of carbonyl (C=O) groups is 1. The number of halogens is 2. The van der Waals surface area contributed by atoms with Crippen LogP contribution in [0.1, 0.15) is 31.9 Å². The molecule has 104 valence electrons. The van der Waals surface area contributed by atoms with Gasteiger partial charge in [0, 0.05) is 12.1 Å². The van der Waals surface area contributed by atoms with Gasteiger partial charge in [-0.1, -0.05) is 35.3 Å². The molecule has 0 aromatic heterocycles. The standard InChI is InChI=1S/C14H17Cl2NO2/c1-8(10-4-3-5-12(15)13(10)16)17-7-6-11(9(17)2)14(18)19/h3-5,8-9,11H,6-7H2,1-2H3,(H,18,19). The van der Waals surface area contributed by atoms with Crippen LogP contribution in [0, 0.1) is 5.92 Å². The van der Waals surface area contributed by atoms with E-state index in [-0.39, 0.29) is 18.0 Å². The topological polar surface area (TPSA) is 40.5 Å². The average Bonchev–Trinajstić information content (AvgIpc) is 2.74. The van der Waals surface area contributed by atoms with E-state index in [0.29, 0.717) is 16.5 Å². The van der Waals surface area contributed by atoms with E-state index < -0.39 is 5.97 Å². The van der Waals surface area contributed by atoms with Gasteiger partial charge in [-0.05, 0) is 38.4 Å². The van der Waals surface area contributed by atoms with Crippen LogP contribution in [0.3, 0.4) is 0 Å². The second kappa shape index (κ2) is 5.70. The summed E-state index contributed by atoms with van der Waals surface area (Å²) in [4.78, 5) is 13.3. The van der Waals surface area contributed by atoms with Crippen LogP contribution in [-0.2, 0) is 4.79 Å². The predicted octanol–water partition coefficient (Wildman–Crippen LogP) is 3.85. The molecular formula is C14H17Cl2NO2. The van der Waals surface area contributed by atoms with E-state index in [1.165, 1.54) is 0 Å². The maximum atomic E-state index is 11.2. The zero-order chi connectivity index (χ0) is 14.2. The van der Waals surface area contributed by atoms with Crippen LogP contribution in [0.5, 0.6) is 0 Å². The first kappa shape index (κ1) is 14.6. The molecule has 1 N–H and O–H groups in total. The maximum Gasteiger partial charge on any atom is 0.308 e. The molecule has 0 spiro atoms. The Hall–Kier alpha value is -0.770. The Morgan fingerprint density at radius 2 is 2.16 bits per heavy atom. The lowest BCUT2D eigenvalue weighted by Gasteiger charge is -2.30. The van der Waals surface area contributed by atoms with E-state index >= 15 is 0 Å². The summed E-state index contributed by atoms with van der Waals surface area (Å²) < 4.78 is 0. The van der Waals surface area contributed by atoms with Crippen molar-refractivity contribution in [3.05, 3.63) is 33.8 Å². The van der Waals surface area contributed by atoms with Gasteiger partial charge in [0.25, 0.3) is 0 Å². The van der Waals surface area contributed by atoms with E-state index in [2.05, 4.69) is 4.90 Å². The van der Waals surface area contributed by atoms with Gasteiger partial charge in [-0.25, -0.2) is 0 Å². The molecule has 1 heterocycles. The molecule has 0 bridgehead atoms. The van der Waals surface area contributed by atoms with Crippen molar-refractivity contribution in [1.82, 2.24) is 4.90 Å². The summed E-state index contributed by atoms with van der Waals surface area (Å²) in [5.41, 5.74) is 0.951. The smallest absolute Gasteiger partial charge is 0.308 e. The van der Waals surface area contributed by atoms with Gasteiger partial charge >= 0.3 is 5.97 Å². The maximum absolute atomic E-state index is 11.2. The van der Waals surface area contributed by atoms with E-state index in [1.807, 2.05) is 26.0 Å². The van der Waals surface area contributed by atoms with Crippen molar-refractivity contribution in [3.8, 4) is 0 Å². The highest BCUT2D eigenvalue weighted by atomic mass is 35.5. The monoisotopic (exact) mass is 301 g/mol. The third-order valence-electron chi connectivity index (χ3n) is 4.05. The number of nitrogens with zero attached hydrogens (tertiary/aromatic N) is 1. The van der Waals surface area contributed by atoms with Crippen molar-refractivity contribution in [2.75, 3.05) is 6.54 Å². The Kier molecular flexibility index (Phi) is 4.39. The number of likely N-dealkylation sites (tertiary alicyclic amines) is 1. The highest BCUT2D eigenvalue weighted by Crippen LogP contribution is 2.37. The van der Waals surface area contributed by atoms with E-state index in [4.69, 9.17) is 23.2 Å². The fraction of sp³-hybridized carbons (Fsp3) is 0.500. The predicted molar refractivity (Wildman–Crippen MR) is 76.8 cm³/mol. The molecule has 0 radical (unpaired) electrons. The van der Waals surface area contributed by atoms with Crippen LogP contribution in [0.2, 0.25) is 10.0 Å². The van der Waals surface area contributed by atoms with Gasteiger partial charge in [0.05, 0.1) is 16.0 Å². The lowest BCUT2D eigenvalue weighted by Crippen LogP contribution is -2.35. The molecule has 0 saturated carbocycles. The number of hydrogen-bond donors (Lipinski definition) is 1. The summed E-state index contributed by atoms with van der Waals surface area (Å²) >= 11 is 12.3. The van der Waals surface area contributed by atoms with Crippen molar-refractivity contribution >= 4 is 29.2 Å². The van der Waals surface area contributed by atoms with E-state index in [1.54, 1.807) is 6.07 Å². The normalized spacial score (nSPS) is 25.5. The summed E-state index contributed by atoms with van der Waals surface area (Å²) in [6.45, 7) is 4.77. The van der Waals surface area contributed by atoms with Crippen LogP contribution >= 0.6 is 23.2 Å². The highest BCUT2D eigenvalue weighted by Gasteiger charge is 2.38. The van der Waals surface area contributed by atoms with Gasteiger partial charge in [-0.3, -0.25) is 9.69 Å². The van der Waals surface area contributed by atoms with E-state index in [9.17, 15) is 9.90 Å². The van der Waals surface area contributed by atoms with Gasteiger partial charge < -0.3 is 5.11 Å². The van der Waals surface area contributed by atoms with Crippen molar-refractivity contribution < 1.29 is 9.90 Å². The number of carboxylic acids is 1. The second-order valence-electron chi connectivity index (χ2n) is 5.03. The molecule has 1 aliphatic heterocycles. The van der Waals surface area contributed by atoms with Gasteiger partial charge in [-0.15, -0.1) is 0 Å². The minimum Gasteiger partial charge on any atom is -0.481 e. The number of rotatable bonds is 3. The van der Waals surface area contributed by atoms with Crippen LogP contribution < -0.4 is 0 Å². The Balaban J connectivity index is 2.23. The Labute approximate surface area is 123 Å². The van der Waals surface area contributed by atoms with Crippen LogP contribution in [-0.4, -0.2) is 28.6 Å². The molecule has 3 atom stereocenters. The quantitative estimate of drug-likeness (QED) is 0.922. The van der Waals surface area contributed by atoms with Crippen molar-refractivity contribution in [2.45, 2.75) is 32.4 Å².